The number of carbonyl (C=O) groups is 2. The highest BCUT2D eigenvalue weighted by atomic mass is 16.6. The Morgan fingerprint density at radius 2 is 2.00 bits per heavy atom. The minimum absolute atomic E-state index is 0.180. The molecular formula is C16H25N3O4. The lowest BCUT2D eigenvalue weighted by atomic mass is 10.1. The van der Waals surface area contributed by atoms with Crippen molar-refractivity contribution >= 4 is 12.0 Å². The van der Waals surface area contributed by atoms with Gasteiger partial charge in [-0.25, -0.2) is 10.6 Å². The normalized spacial score (nSPS) is 12.2. The first kappa shape index (κ1) is 18.8. The Hall–Kier alpha value is -2.28. The molecule has 1 atom stereocenters. The number of amides is 2. The number of alkyl carbamates (subject to hydrolysis) is 1. The number of nitrogens with two attached hydrogens (primary N) is 1. The molecule has 0 saturated heterocycles. The molecule has 7 nitrogen and oxygen atoms in total. The predicted molar refractivity (Wildman–Crippen MR) is 86.8 cm³/mol. The molecule has 0 saturated carbocycles. The van der Waals surface area contributed by atoms with E-state index in [0.29, 0.717) is 5.75 Å². The van der Waals surface area contributed by atoms with E-state index in [2.05, 4.69) is 10.7 Å². The van der Waals surface area contributed by atoms with Crippen LogP contribution < -0.4 is 21.3 Å². The third kappa shape index (κ3) is 8.06. The molecule has 128 valence electrons. The van der Waals surface area contributed by atoms with E-state index >= 15 is 0 Å². The van der Waals surface area contributed by atoms with Gasteiger partial charge in [0.1, 0.15) is 18.0 Å². The van der Waals surface area contributed by atoms with Gasteiger partial charge in [0.05, 0.1) is 12.5 Å². The molecule has 0 fully saturated rings. The standard InChI is InChI=1S/C16H25N3O4/c1-11(18-15(21)23-16(2,3)4)10-22-13-7-5-6-12(8-13)9-14(20)19-17/h5-8,11H,9-10,17H2,1-4H3,(H,18,21)(H,19,20)/t11-/m1/s1. The molecule has 0 aliphatic heterocycles. The quantitative estimate of drug-likeness (QED) is 0.418. The van der Waals surface area contributed by atoms with Gasteiger partial charge in [0.25, 0.3) is 0 Å². The van der Waals surface area contributed by atoms with Gasteiger partial charge in [-0.1, -0.05) is 12.1 Å². The van der Waals surface area contributed by atoms with E-state index < -0.39 is 11.7 Å². The SMILES string of the molecule is C[C@H](COc1cccc(CC(=O)NN)c1)NC(=O)OC(C)(C)C. The van der Waals surface area contributed by atoms with Crippen LogP contribution in [-0.2, 0) is 16.0 Å². The Balaban J connectivity index is 2.46. The Bertz CT molecular complexity index is 540. The summed E-state index contributed by atoms with van der Waals surface area (Å²) in [6.07, 6.45) is -0.304. The maximum Gasteiger partial charge on any atom is 0.407 e. The maximum atomic E-state index is 11.6. The summed E-state index contributed by atoms with van der Waals surface area (Å²) in [6, 6.07) is 6.92. The third-order valence-electron chi connectivity index (χ3n) is 2.69. The Kier molecular flexibility index (Phi) is 6.84. The van der Waals surface area contributed by atoms with E-state index in [1.165, 1.54) is 0 Å². The van der Waals surface area contributed by atoms with Crippen LogP contribution in [0.3, 0.4) is 0 Å². The lowest BCUT2D eigenvalue weighted by Crippen LogP contribution is -2.40. The van der Waals surface area contributed by atoms with E-state index in [0.717, 1.165) is 5.56 Å². The summed E-state index contributed by atoms with van der Waals surface area (Å²) < 4.78 is 10.8. The second kappa shape index (κ2) is 8.38. The van der Waals surface area contributed by atoms with Crippen molar-refractivity contribution in [1.29, 1.82) is 0 Å². The van der Waals surface area contributed by atoms with Gasteiger partial charge in [-0.3, -0.25) is 10.2 Å². The summed E-state index contributed by atoms with van der Waals surface area (Å²) in [5.74, 6) is 5.40. The molecule has 0 unspecified atom stereocenters. The van der Waals surface area contributed by atoms with Gasteiger partial charge in [-0.2, -0.15) is 0 Å². The topological polar surface area (TPSA) is 103 Å². The minimum Gasteiger partial charge on any atom is -0.491 e. The van der Waals surface area contributed by atoms with Gasteiger partial charge in [0, 0.05) is 0 Å². The number of ether oxygens (including phenoxy) is 2. The van der Waals surface area contributed by atoms with E-state index in [9.17, 15) is 9.59 Å². The lowest BCUT2D eigenvalue weighted by Gasteiger charge is -2.22. The first-order chi connectivity index (χ1) is 10.7. The van der Waals surface area contributed by atoms with Crippen LogP contribution in [-0.4, -0.2) is 30.3 Å². The third-order valence-corrected chi connectivity index (χ3v) is 2.69. The smallest absolute Gasteiger partial charge is 0.407 e. The van der Waals surface area contributed by atoms with Crippen molar-refractivity contribution in [2.75, 3.05) is 6.61 Å². The van der Waals surface area contributed by atoms with Gasteiger partial charge in [-0.15, -0.1) is 0 Å². The van der Waals surface area contributed by atoms with Crippen molar-refractivity contribution in [3.8, 4) is 5.75 Å². The number of carbonyl (C=O) groups excluding carboxylic acids is 2. The highest BCUT2D eigenvalue weighted by Crippen LogP contribution is 2.14. The average Bonchev–Trinajstić information content (AvgIpc) is 2.43. The van der Waals surface area contributed by atoms with Gasteiger partial charge in [0.2, 0.25) is 5.91 Å². The lowest BCUT2D eigenvalue weighted by molar-refractivity contribution is -0.120. The summed E-state index contributed by atoms with van der Waals surface area (Å²) in [5.41, 5.74) is 2.33. The summed E-state index contributed by atoms with van der Waals surface area (Å²) in [7, 11) is 0. The van der Waals surface area contributed by atoms with Crippen LogP contribution in [0.25, 0.3) is 0 Å². The zero-order valence-electron chi connectivity index (χ0n) is 14.0. The number of benzene rings is 1. The van der Waals surface area contributed by atoms with Crippen molar-refractivity contribution in [3.05, 3.63) is 29.8 Å². The molecule has 1 aromatic rings. The molecular weight excluding hydrogens is 298 g/mol. The van der Waals surface area contributed by atoms with Crippen LogP contribution >= 0.6 is 0 Å². The van der Waals surface area contributed by atoms with Gasteiger partial charge in [0.15, 0.2) is 0 Å². The number of hydrazine groups is 1. The van der Waals surface area contributed by atoms with Crippen molar-refractivity contribution < 1.29 is 19.1 Å². The Morgan fingerprint density at radius 1 is 1.30 bits per heavy atom. The Labute approximate surface area is 136 Å². The van der Waals surface area contributed by atoms with Crippen LogP contribution in [0.15, 0.2) is 24.3 Å². The molecule has 0 radical (unpaired) electrons. The molecule has 23 heavy (non-hydrogen) atoms. The first-order valence-electron chi connectivity index (χ1n) is 7.40. The molecule has 1 rings (SSSR count). The first-order valence-corrected chi connectivity index (χ1v) is 7.40. The fourth-order valence-corrected chi connectivity index (χ4v) is 1.75. The molecule has 0 aliphatic carbocycles. The molecule has 1 aromatic carbocycles. The average molecular weight is 323 g/mol. The molecule has 0 aliphatic rings. The fraction of sp³-hybridized carbons (Fsp3) is 0.500. The van der Waals surface area contributed by atoms with Crippen LogP contribution in [0.5, 0.6) is 5.75 Å². The maximum absolute atomic E-state index is 11.6. The van der Waals surface area contributed by atoms with Crippen molar-refractivity contribution in [2.45, 2.75) is 45.8 Å². The van der Waals surface area contributed by atoms with E-state index in [4.69, 9.17) is 15.3 Å². The van der Waals surface area contributed by atoms with Crippen LogP contribution in [0, 0.1) is 0 Å². The Morgan fingerprint density at radius 3 is 2.61 bits per heavy atom. The fourth-order valence-electron chi connectivity index (χ4n) is 1.75. The zero-order valence-corrected chi connectivity index (χ0v) is 14.0. The second-order valence-electron chi connectivity index (χ2n) is 6.25. The predicted octanol–water partition coefficient (Wildman–Crippen LogP) is 1.51. The van der Waals surface area contributed by atoms with Crippen LogP contribution in [0.2, 0.25) is 0 Å². The van der Waals surface area contributed by atoms with Crippen molar-refractivity contribution in [3.63, 3.8) is 0 Å². The van der Waals surface area contributed by atoms with E-state index in [1.54, 1.807) is 39.0 Å². The number of nitrogens with one attached hydrogen (secondary N) is 2. The van der Waals surface area contributed by atoms with Crippen LogP contribution in [0.4, 0.5) is 4.79 Å². The molecule has 4 N–H and O–H groups in total. The van der Waals surface area contributed by atoms with Gasteiger partial charge in [-0.05, 0) is 45.4 Å². The second-order valence-corrected chi connectivity index (χ2v) is 6.25. The van der Waals surface area contributed by atoms with Crippen LogP contribution in [0.1, 0.15) is 33.3 Å². The number of rotatable bonds is 6. The molecule has 0 aromatic heterocycles. The molecule has 7 heteroatoms. The van der Waals surface area contributed by atoms with Crippen molar-refractivity contribution in [2.24, 2.45) is 5.84 Å². The largest absolute Gasteiger partial charge is 0.491 e. The summed E-state index contributed by atoms with van der Waals surface area (Å²) in [4.78, 5) is 22.9. The number of hydrogen-bond acceptors (Lipinski definition) is 5. The van der Waals surface area contributed by atoms with E-state index in [-0.39, 0.29) is 25.0 Å². The van der Waals surface area contributed by atoms with E-state index in [1.807, 2.05) is 13.0 Å². The minimum atomic E-state index is -0.539. The summed E-state index contributed by atoms with van der Waals surface area (Å²) in [5, 5.41) is 2.70. The molecule has 0 bridgehead atoms. The van der Waals surface area contributed by atoms with Gasteiger partial charge < -0.3 is 14.8 Å². The van der Waals surface area contributed by atoms with Crippen molar-refractivity contribution in [1.82, 2.24) is 10.7 Å². The highest BCUT2D eigenvalue weighted by molar-refractivity contribution is 5.77. The summed E-state index contributed by atoms with van der Waals surface area (Å²) in [6.45, 7) is 7.51. The number of hydrogen-bond donors (Lipinski definition) is 3. The highest BCUT2D eigenvalue weighted by Gasteiger charge is 2.17. The zero-order chi connectivity index (χ0) is 17.5. The monoisotopic (exact) mass is 323 g/mol. The molecule has 2 amide bonds. The molecule has 0 spiro atoms. The summed E-state index contributed by atoms with van der Waals surface area (Å²) >= 11 is 0. The molecule has 0 heterocycles. The van der Waals surface area contributed by atoms with Gasteiger partial charge >= 0.3 is 6.09 Å².